The van der Waals surface area contributed by atoms with E-state index >= 15 is 0 Å². The lowest BCUT2D eigenvalue weighted by atomic mass is 10.1. The Kier molecular flexibility index (Phi) is 7.19. The molecule has 0 unspecified atom stereocenters. The zero-order chi connectivity index (χ0) is 22.4. The molecule has 9 heteroatoms. The van der Waals surface area contributed by atoms with Gasteiger partial charge in [-0.05, 0) is 39.0 Å². The van der Waals surface area contributed by atoms with Crippen LogP contribution in [0.2, 0.25) is 0 Å². The Balaban J connectivity index is 1.48. The van der Waals surface area contributed by atoms with Gasteiger partial charge in [-0.1, -0.05) is 0 Å². The molecule has 1 aliphatic heterocycles. The van der Waals surface area contributed by atoms with Gasteiger partial charge in [0.1, 0.15) is 17.6 Å². The molecule has 1 amide bonds. The predicted molar refractivity (Wildman–Crippen MR) is 122 cm³/mol. The number of hydrogen-bond donors (Lipinski definition) is 3. The minimum Gasteiger partial charge on any atom is -0.444 e. The lowest BCUT2D eigenvalue weighted by Crippen LogP contribution is -2.80. The van der Waals surface area contributed by atoms with Gasteiger partial charge in [-0.25, -0.2) is 9.78 Å². The first-order chi connectivity index (χ1) is 14.7. The average Bonchev–Trinajstić information content (AvgIpc) is 2.72. The Bertz CT molecular complexity index is 960. The Morgan fingerprint density at radius 1 is 1.26 bits per heavy atom. The highest BCUT2D eigenvalue weighted by Crippen LogP contribution is 2.17. The van der Waals surface area contributed by atoms with E-state index in [-0.39, 0.29) is 6.09 Å². The topological polar surface area (TPSA) is 125 Å². The van der Waals surface area contributed by atoms with E-state index in [1.54, 1.807) is 17.2 Å². The fourth-order valence-electron chi connectivity index (χ4n) is 3.36. The Hall–Kier alpha value is -3.04. The average molecular weight is 427 g/mol. The minimum atomic E-state index is -0.467. The van der Waals surface area contributed by atoms with Crippen LogP contribution in [-0.4, -0.2) is 76.9 Å². The molecule has 0 atom stereocenters. The summed E-state index contributed by atoms with van der Waals surface area (Å²) in [6, 6.07) is 5.46. The number of nitrogen functional groups attached to an aromatic ring is 1. The molecule has 1 aliphatic rings. The van der Waals surface area contributed by atoms with Crippen LogP contribution in [0, 0.1) is 5.41 Å². The third-order valence-corrected chi connectivity index (χ3v) is 4.98. The van der Waals surface area contributed by atoms with Crippen LogP contribution in [0.15, 0.2) is 30.6 Å². The van der Waals surface area contributed by atoms with Crippen LogP contribution in [-0.2, 0) is 4.74 Å². The van der Waals surface area contributed by atoms with E-state index in [0.717, 1.165) is 42.8 Å². The molecule has 0 spiro atoms. The van der Waals surface area contributed by atoms with Gasteiger partial charge in [0.2, 0.25) is 0 Å². The summed E-state index contributed by atoms with van der Waals surface area (Å²) in [7, 11) is 0. The summed E-state index contributed by atoms with van der Waals surface area (Å²) in [5, 5.41) is 9.82. The maximum absolute atomic E-state index is 12.2. The molecule has 31 heavy (non-hydrogen) atoms. The molecule has 1 fully saturated rings. The van der Waals surface area contributed by atoms with Crippen LogP contribution in [0.25, 0.3) is 16.6 Å². The molecule has 0 aromatic carbocycles. The van der Waals surface area contributed by atoms with Gasteiger partial charge >= 0.3 is 6.09 Å². The summed E-state index contributed by atoms with van der Waals surface area (Å²) in [6.07, 6.45) is 4.78. The third-order valence-electron chi connectivity index (χ3n) is 4.98. The van der Waals surface area contributed by atoms with E-state index in [1.807, 2.05) is 39.1 Å². The minimum absolute atomic E-state index is 0.238. The molecule has 0 aliphatic carbocycles. The van der Waals surface area contributed by atoms with Crippen LogP contribution in [0.4, 0.5) is 10.6 Å². The van der Waals surface area contributed by atoms with Crippen molar-refractivity contribution in [2.45, 2.75) is 26.4 Å². The molecule has 5 N–H and O–H groups in total. The van der Waals surface area contributed by atoms with Crippen LogP contribution >= 0.6 is 0 Å². The molecule has 9 nitrogen and oxygen atoms in total. The highest BCUT2D eigenvalue weighted by atomic mass is 16.6. The number of ether oxygens (including phenoxy) is 1. The maximum atomic E-state index is 12.2. The van der Waals surface area contributed by atoms with Crippen molar-refractivity contribution < 1.29 is 14.8 Å². The fourth-order valence-corrected chi connectivity index (χ4v) is 3.36. The number of nitrogens with zero attached hydrogens (tertiary/aromatic N) is 4. The lowest BCUT2D eigenvalue weighted by Gasteiger charge is -2.35. The number of aromatic nitrogens is 2. The van der Waals surface area contributed by atoms with E-state index in [4.69, 9.17) is 15.9 Å². The number of amides is 1. The quantitative estimate of drug-likeness (QED) is 0.473. The first-order valence-corrected chi connectivity index (χ1v) is 10.5. The van der Waals surface area contributed by atoms with Crippen molar-refractivity contribution in [2.24, 2.45) is 0 Å². The summed E-state index contributed by atoms with van der Waals surface area (Å²) >= 11 is 0. The molecule has 0 radical (unpaired) electrons. The van der Waals surface area contributed by atoms with Gasteiger partial charge in [-0.2, -0.15) is 0 Å². The normalized spacial score (nSPS) is 15.8. The third kappa shape index (κ3) is 6.47. The standard InChI is InChI=1S/C22H31N7O2/c1-22(2,3)31-21(30)29-10-8-28(9-11-29)7-6-25-14-17(13-23)16-12-19-18(26-15-16)4-5-20(24)27-19/h4-5,12-15,23,25H,6-11H2,1-3H3,(H2,24,27)/p+1/b17-14+,23-13?. The van der Waals surface area contributed by atoms with Gasteiger partial charge in [0.25, 0.3) is 0 Å². The van der Waals surface area contributed by atoms with Crippen molar-refractivity contribution >= 4 is 34.7 Å². The highest BCUT2D eigenvalue weighted by molar-refractivity contribution is 6.08. The first-order valence-electron chi connectivity index (χ1n) is 10.5. The number of rotatable bonds is 6. The van der Waals surface area contributed by atoms with Crippen molar-refractivity contribution in [3.63, 3.8) is 0 Å². The number of hydrogen-bond acceptors (Lipinski definition) is 7. The Morgan fingerprint density at radius 3 is 2.68 bits per heavy atom. The molecular weight excluding hydrogens is 394 g/mol. The molecule has 3 rings (SSSR count). The van der Waals surface area contributed by atoms with E-state index in [1.165, 1.54) is 6.21 Å². The van der Waals surface area contributed by atoms with Gasteiger partial charge in [0.15, 0.2) is 0 Å². The second-order valence-corrected chi connectivity index (χ2v) is 8.60. The summed E-state index contributed by atoms with van der Waals surface area (Å²) < 4.78 is 5.44. The lowest BCUT2D eigenvalue weighted by molar-refractivity contribution is -0.586. The number of quaternary nitrogens is 1. The Morgan fingerprint density at radius 2 is 2.00 bits per heavy atom. The van der Waals surface area contributed by atoms with Gasteiger partial charge in [0.05, 0.1) is 23.2 Å². The van der Waals surface area contributed by atoms with Gasteiger partial charge < -0.3 is 26.1 Å². The number of carbonyl (C=O) groups is 1. The molecule has 1 saturated heterocycles. The van der Waals surface area contributed by atoms with E-state index < -0.39 is 5.60 Å². The smallest absolute Gasteiger partial charge is 0.410 e. The van der Waals surface area contributed by atoms with E-state index in [2.05, 4.69) is 20.2 Å². The number of nitrogens with two attached hydrogens (primary N) is 2. The van der Waals surface area contributed by atoms with Gasteiger partial charge in [0, 0.05) is 50.7 Å². The van der Waals surface area contributed by atoms with Crippen molar-refractivity contribution in [2.75, 3.05) is 45.0 Å². The van der Waals surface area contributed by atoms with Crippen LogP contribution < -0.4 is 11.1 Å². The number of carbonyl (C=O) groups excluding carboxylic acids is 1. The molecular formula is C22H32N7O2+. The molecule has 0 bridgehead atoms. The number of anilines is 1. The molecule has 2 aromatic heterocycles. The van der Waals surface area contributed by atoms with E-state index in [0.29, 0.717) is 24.4 Å². The van der Waals surface area contributed by atoms with Crippen LogP contribution in [0.1, 0.15) is 26.3 Å². The summed E-state index contributed by atoms with van der Waals surface area (Å²) in [5.74, 6) is 0.449. The predicted octanol–water partition coefficient (Wildman–Crippen LogP) is 1.32. The van der Waals surface area contributed by atoms with Crippen molar-refractivity contribution in [1.29, 1.82) is 5.41 Å². The van der Waals surface area contributed by atoms with Crippen LogP contribution in [0.5, 0.6) is 0 Å². The number of allylic oxidation sites excluding steroid dienone is 1. The molecule has 166 valence electrons. The van der Waals surface area contributed by atoms with Crippen molar-refractivity contribution in [1.82, 2.24) is 19.8 Å². The number of pyridine rings is 2. The highest BCUT2D eigenvalue weighted by Gasteiger charge is 2.25. The second kappa shape index (κ2) is 9.84. The van der Waals surface area contributed by atoms with Gasteiger partial charge in [-0.15, -0.1) is 0 Å². The zero-order valence-electron chi connectivity index (χ0n) is 18.5. The second-order valence-electron chi connectivity index (χ2n) is 8.60. The van der Waals surface area contributed by atoms with Gasteiger partial charge in [-0.3, -0.25) is 9.88 Å². The molecule has 2 aromatic rings. The Labute approximate surface area is 182 Å². The van der Waals surface area contributed by atoms with E-state index in [9.17, 15) is 4.79 Å². The summed E-state index contributed by atoms with van der Waals surface area (Å²) in [6.45, 7) is 10.4. The number of piperazine rings is 1. The molecule has 0 saturated carbocycles. The first kappa shape index (κ1) is 22.6. The maximum Gasteiger partial charge on any atom is 0.410 e. The summed E-state index contributed by atoms with van der Waals surface area (Å²) in [5.41, 5.74) is 8.40. The largest absolute Gasteiger partial charge is 0.444 e. The van der Waals surface area contributed by atoms with Crippen LogP contribution in [0.3, 0.4) is 0 Å². The summed E-state index contributed by atoms with van der Waals surface area (Å²) in [4.78, 5) is 25.0. The SMILES string of the molecule is CC(C)(C)OC(=O)N1CCN(CC[NH2+]/C=C(\C=N)c2cnc3ccc(N)nc3c2)CC1. The zero-order valence-corrected chi connectivity index (χ0v) is 18.5. The van der Waals surface area contributed by atoms with Crippen molar-refractivity contribution in [3.8, 4) is 0 Å². The number of fused-ring (bicyclic) bond motifs is 1. The number of nitrogens with one attached hydrogen (secondary N) is 1. The van der Waals surface area contributed by atoms with Crippen molar-refractivity contribution in [3.05, 3.63) is 36.2 Å². The fraction of sp³-hybridized carbons (Fsp3) is 0.455. The molecule has 3 heterocycles. The monoisotopic (exact) mass is 426 g/mol.